The smallest absolute Gasteiger partial charge is 0.262 e. The monoisotopic (exact) mass is 488 g/mol. The highest BCUT2D eigenvalue weighted by molar-refractivity contribution is 6.01. The summed E-state index contributed by atoms with van der Waals surface area (Å²) in [6, 6.07) is 36.5. The van der Waals surface area contributed by atoms with Gasteiger partial charge in [-0.05, 0) is 47.4 Å². The molecule has 4 rings (SSSR count). The second kappa shape index (κ2) is 12.8. The van der Waals surface area contributed by atoms with Crippen LogP contribution in [0.4, 0.5) is 0 Å². The van der Waals surface area contributed by atoms with Crippen LogP contribution in [0.3, 0.4) is 0 Å². The van der Waals surface area contributed by atoms with Crippen molar-refractivity contribution in [3.63, 3.8) is 0 Å². The van der Waals surface area contributed by atoms with Gasteiger partial charge in [0.2, 0.25) is 0 Å². The van der Waals surface area contributed by atoms with Crippen LogP contribution in [0.25, 0.3) is 6.08 Å². The molecule has 0 radical (unpaired) electrons. The van der Waals surface area contributed by atoms with E-state index in [1.54, 1.807) is 24.3 Å². The molecule has 0 aromatic heterocycles. The van der Waals surface area contributed by atoms with E-state index in [0.29, 0.717) is 30.3 Å². The van der Waals surface area contributed by atoms with Crippen molar-refractivity contribution in [3.05, 3.63) is 137 Å². The molecule has 5 nitrogen and oxygen atoms in total. The Morgan fingerprint density at radius 3 is 1.92 bits per heavy atom. The van der Waals surface area contributed by atoms with Crippen LogP contribution >= 0.6 is 0 Å². The van der Waals surface area contributed by atoms with Crippen LogP contribution in [0.2, 0.25) is 0 Å². The number of amides is 1. The van der Waals surface area contributed by atoms with Gasteiger partial charge in [0.25, 0.3) is 5.91 Å². The Kier molecular flexibility index (Phi) is 8.72. The van der Waals surface area contributed by atoms with Crippen molar-refractivity contribution < 1.29 is 14.3 Å². The summed E-state index contributed by atoms with van der Waals surface area (Å²) in [7, 11) is 0. The van der Waals surface area contributed by atoms with Crippen LogP contribution in [0.15, 0.2) is 115 Å². The lowest BCUT2D eigenvalue weighted by Crippen LogP contribution is -2.27. The predicted molar refractivity (Wildman–Crippen MR) is 145 cm³/mol. The van der Waals surface area contributed by atoms with Crippen molar-refractivity contribution in [2.45, 2.75) is 26.2 Å². The number of hydrogen-bond donors (Lipinski definition) is 1. The minimum absolute atomic E-state index is 0.00902. The molecule has 0 heterocycles. The Balaban J connectivity index is 1.54. The van der Waals surface area contributed by atoms with E-state index in [-0.39, 0.29) is 11.6 Å². The minimum atomic E-state index is -0.435. The first kappa shape index (κ1) is 25.3. The van der Waals surface area contributed by atoms with E-state index >= 15 is 0 Å². The summed E-state index contributed by atoms with van der Waals surface area (Å²) in [6.07, 6.45) is 1.56. The molecule has 37 heavy (non-hydrogen) atoms. The molecule has 0 aliphatic carbocycles. The molecule has 0 bridgehead atoms. The van der Waals surface area contributed by atoms with E-state index in [2.05, 4.69) is 5.32 Å². The van der Waals surface area contributed by atoms with Gasteiger partial charge < -0.3 is 14.8 Å². The van der Waals surface area contributed by atoms with Gasteiger partial charge in [-0.15, -0.1) is 0 Å². The third-order valence-electron chi connectivity index (χ3n) is 5.77. The molecular weight excluding hydrogens is 460 g/mol. The third-order valence-corrected chi connectivity index (χ3v) is 5.77. The predicted octanol–water partition coefficient (Wildman–Crippen LogP) is 6.63. The van der Waals surface area contributed by atoms with Gasteiger partial charge in [0, 0.05) is 0 Å². The van der Waals surface area contributed by atoms with Crippen LogP contribution in [-0.2, 0) is 18.0 Å². The summed E-state index contributed by atoms with van der Waals surface area (Å²) >= 11 is 0. The van der Waals surface area contributed by atoms with Gasteiger partial charge in [-0.2, -0.15) is 5.26 Å². The molecule has 0 saturated carbocycles. The number of rotatable bonds is 10. The standard InChI is InChI=1S/C32H28N2O3/c1-24(28-15-9-4-10-16-28)34-32(35)29(21-33)19-27-17-18-30(36-22-25-11-5-2-6-12-25)31(20-27)37-23-26-13-7-3-8-14-26/h2-20,24H,22-23H2,1H3,(H,34,35)/b29-19-. The molecule has 0 spiro atoms. The fourth-order valence-electron chi connectivity index (χ4n) is 3.73. The van der Waals surface area contributed by atoms with E-state index in [1.165, 1.54) is 0 Å². The van der Waals surface area contributed by atoms with Crippen molar-refractivity contribution in [3.8, 4) is 17.6 Å². The maximum Gasteiger partial charge on any atom is 0.262 e. The maximum atomic E-state index is 12.8. The van der Waals surface area contributed by atoms with Gasteiger partial charge in [-0.3, -0.25) is 4.79 Å². The van der Waals surface area contributed by atoms with E-state index in [1.807, 2.05) is 104 Å². The molecule has 4 aromatic rings. The van der Waals surface area contributed by atoms with Crippen LogP contribution in [0, 0.1) is 11.3 Å². The van der Waals surface area contributed by atoms with E-state index in [0.717, 1.165) is 16.7 Å². The topological polar surface area (TPSA) is 71.4 Å². The Labute approximate surface area is 217 Å². The average molecular weight is 489 g/mol. The van der Waals surface area contributed by atoms with E-state index < -0.39 is 5.91 Å². The second-order valence-electron chi connectivity index (χ2n) is 8.53. The molecule has 4 aromatic carbocycles. The number of hydrogen-bond acceptors (Lipinski definition) is 4. The summed E-state index contributed by atoms with van der Waals surface area (Å²) < 4.78 is 12.2. The molecule has 1 N–H and O–H groups in total. The number of carbonyl (C=O) groups is 1. The van der Waals surface area contributed by atoms with Gasteiger partial charge in [0.05, 0.1) is 6.04 Å². The Morgan fingerprint density at radius 1 is 0.811 bits per heavy atom. The molecule has 1 unspecified atom stereocenters. The lowest BCUT2D eigenvalue weighted by atomic mass is 10.1. The first-order valence-electron chi connectivity index (χ1n) is 12.1. The Morgan fingerprint density at radius 2 is 1.35 bits per heavy atom. The molecule has 0 fully saturated rings. The zero-order chi connectivity index (χ0) is 25.9. The SMILES string of the molecule is CC(NC(=O)/C(C#N)=C\c1ccc(OCc2ccccc2)c(OCc2ccccc2)c1)c1ccccc1. The third kappa shape index (κ3) is 7.33. The van der Waals surface area contributed by atoms with Crippen molar-refractivity contribution in [1.29, 1.82) is 5.26 Å². The fraction of sp³-hybridized carbons (Fsp3) is 0.125. The summed E-state index contributed by atoms with van der Waals surface area (Å²) in [5.41, 5.74) is 3.69. The van der Waals surface area contributed by atoms with Crippen LogP contribution in [0.5, 0.6) is 11.5 Å². The minimum Gasteiger partial charge on any atom is -0.485 e. The molecule has 1 amide bonds. The Bertz CT molecular complexity index is 1380. The molecule has 0 saturated heterocycles. The van der Waals surface area contributed by atoms with E-state index in [9.17, 15) is 10.1 Å². The van der Waals surface area contributed by atoms with E-state index in [4.69, 9.17) is 9.47 Å². The van der Waals surface area contributed by atoms with Crippen molar-refractivity contribution >= 4 is 12.0 Å². The molecular formula is C32H28N2O3. The Hall–Kier alpha value is -4.82. The summed E-state index contributed by atoms with van der Waals surface area (Å²) in [6.45, 7) is 2.63. The molecule has 1 atom stereocenters. The van der Waals surface area contributed by atoms with Gasteiger partial charge in [-0.25, -0.2) is 0 Å². The lowest BCUT2D eigenvalue weighted by Gasteiger charge is -2.15. The van der Waals surface area contributed by atoms with Crippen molar-refractivity contribution in [2.24, 2.45) is 0 Å². The number of nitrogens with zero attached hydrogens (tertiary/aromatic N) is 1. The van der Waals surface area contributed by atoms with Gasteiger partial charge >= 0.3 is 0 Å². The quantitative estimate of drug-likeness (QED) is 0.201. The number of nitrogens with one attached hydrogen (secondary N) is 1. The fourth-order valence-corrected chi connectivity index (χ4v) is 3.73. The second-order valence-corrected chi connectivity index (χ2v) is 8.53. The van der Waals surface area contributed by atoms with Crippen LogP contribution in [0.1, 0.15) is 35.2 Å². The highest BCUT2D eigenvalue weighted by Gasteiger charge is 2.15. The number of nitriles is 1. The number of carbonyl (C=O) groups excluding carboxylic acids is 1. The van der Waals surface area contributed by atoms with Crippen molar-refractivity contribution in [1.82, 2.24) is 5.32 Å². The number of benzene rings is 4. The molecule has 5 heteroatoms. The maximum absolute atomic E-state index is 12.8. The lowest BCUT2D eigenvalue weighted by molar-refractivity contribution is -0.117. The average Bonchev–Trinajstić information content (AvgIpc) is 2.95. The first-order chi connectivity index (χ1) is 18.1. The molecule has 0 aliphatic rings. The summed E-state index contributed by atoms with van der Waals surface area (Å²) in [5, 5.41) is 12.6. The largest absolute Gasteiger partial charge is 0.485 e. The molecule has 0 aliphatic heterocycles. The zero-order valence-electron chi connectivity index (χ0n) is 20.6. The van der Waals surface area contributed by atoms with Crippen LogP contribution < -0.4 is 14.8 Å². The zero-order valence-corrected chi connectivity index (χ0v) is 20.6. The molecule has 184 valence electrons. The summed E-state index contributed by atoms with van der Waals surface area (Å²) in [4.78, 5) is 12.8. The highest BCUT2D eigenvalue weighted by atomic mass is 16.5. The highest BCUT2D eigenvalue weighted by Crippen LogP contribution is 2.31. The van der Waals surface area contributed by atoms with Gasteiger partial charge in [0.1, 0.15) is 24.9 Å². The van der Waals surface area contributed by atoms with Gasteiger partial charge in [0.15, 0.2) is 11.5 Å². The normalized spacial score (nSPS) is 11.7. The summed E-state index contributed by atoms with van der Waals surface area (Å²) in [5.74, 6) is 0.677. The number of ether oxygens (including phenoxy) is 2. The van der Waals surface area contributed by atoms with Gasteiger partial charge in [-0.1, -0.05) is 97.1 Å². The van der Waals surface area contributed by atoms with Crippen molar-refractivity contribution in [2.75, 3.05) is 0 Å². The first-order valence-corrected chi connectivity index (χ1v) is 12.1. The van der Waals surface area contributed by atoms with Crippen LogP contribution in [-0.4, -0.2) is 5.91 Å².